The summed E-state index contributed by atoms with van der Waals surface area (Å²) in [5.41, 5.74) is 5.99. The van der Waals surface area contributed by atoms with E-state index in [4.69, 9.17) is 5.73 Å². The molecule has 1 aromatic heterocycles. The van der Waals surface area contributed by atoms with Gasteiger partial charge in [-0.25, -0.2) is 0 Å². The third-order valence-electron chi connectivity index (χ3n) is 3.74. The molecule has 0 aliphatic carbocycles. The van der Waals surface area contributed by atoms with Crippen molar-refractivity contribution in [1.82, 2.24) is 19.6 Å². The molecule has 20 heavy (non-hydrogen) atoms. The van der Waals surface area contributed by atoms with Crippen LogP contribution >= 0.6 is 0 Å². The fourth-order valence-electron chi connectivity index (χ4n) is 2.60. The zero-order valence-electron chi connectivity index (χ0n) is 12.1. The highest BCUT2D eigenvalue weighted by Crippen LogP contribution is 2.15. The van der Waals surface area contributed by atoms with E-state index in [1.807, 2.05) is 18.7 Å². The number of aryl methyl sites for hydroxylation is 1. The highest BCUT2D eigenvalue weighted by atomic mass is 16.2. The molecule has 2 rings (SSSR count). The molecule has 0 spiro atoms. The van der Waals surface area contributed by atoms with Gasteiger partial charge in [0.2, 0.25) is 5.91 Å². The van der Waals surface area contributed by atoms with Crippen LogP contribution in [0.5, 0.6) is 0 Å². The normalized spacial score (nSPS) is 20.4. The van der Waals surface area contributed by atoms with Crippen LogP contribution in [0.3, 0.4) is 0 Å². The molecule has 110 valence electrons. The van der Waals surface area contributed by atoms with Gasteiger partial charge >= 0.3 is 0 Å². The molecule has 0 unspecified atom stereocenters. The minimum atomic E-state index is -0.430. The van der Waals surface area contributed by atoms with Crippen LogP contribution in [0.1, 0.15) is 24.3 Å². The molecule has 1 atom stereocenters. The summed E-state index contributed by atoms with van der Waals surface area (Å²) in [5.74, 6) is -0.499. The summed E-state index contributed by atoms with van der Waals surface area (Å²) in [5, 5.41) is 4.00. The van der Waals surface area contributed by atoms with E-state index in [0.29, 0.717) is 25.3 Å². The summed E-state index contributed by atoms with van der Waals surface area (Å²) in [4.78, 5) is 27.7. The number of nitrogens with zero attached hydrogens (tertiary/aromatic N) is 4. The van der Waals surface area contributed by atoms with Gasteiger partial charge in [0, 0.05) is 38.9 Å². The number of amides is 2. The average molecular weight is 279 g/mol. The molecular weight excluding hydrogens is 258 g/mol. The molecule has 0 bridgehead atoms. The topological polar surface area (TPSA) is 84.5 Å². The van der Waals surface area contributed by atoms with E-state index in [1.54, 1.807) is 24.2 Å². The van der Waals surface area contributed by atoms with E-state index >= 15 is 0 Å². The molecule has 2 N–H and O–H groups in total. The minimum absolute atomic E-state index is 0.111. The summed E-state index contributed by atoms with van der Waals surface area (Å²) < 4.78 is 1.54. The van der Waals surface area contributed by atoms with Crippen LogP contribution in [-0.2, 0) is 11.8 Å². The van der Waals surface area contributed by atoms with Gasteiger partial charge in [-0.3, -0.25) is 19.2 Å². The lowest BCUT2D eigenvalue weighted by Gasteiger charge is -2.41. The summed E-state index contributed by atoms with van der Waals surface area (Å²) in [6.45, 7) is 5.61. The first-order valence-corrected chi connectivity index (χ1v) is 6.74. The number of carbonyl (C=O) groups is 2. The Kier molecular flexibility index (Phi) is 4.08. The van der Waals surface area contributed by atoms with Crippen LogP contribution < -0.4 is 5.73 Å². The smallest absolute Gasteiger partial charge is 0.272 e. The van der Waals surface area contributed by atoms with Gasteiger partial charge in [0.15, 0.2) is 0 Å². The molecule has 0 radical (unpaired) electrons. The molecule has 1 fully saturated rings. The second-order valence-electron chi connectivity index (χ2n) is 5.34. The molecule has 1 aliphatic heterocycles. The van der Waals surface area contributed by atoms with Crippen molar-refractivity contribution in [2.45, 2.75) is 25.9 Å². The molecule has 7 heteroatoms. The van der Waals surface area contributed by atoms with Gasteiger partial charge in [-0.05, 0) is 19.9 Å². The lowest BCUT2D eigenvalue weighted by Crippen LogP contribution is -2.61. The van der Waals surface area contributed by atoms with E-state index in [2.05, 4.69) is 5.10 Å². The Bertz CT molecular complexity index is 511. The number of hydrogen-bond acceptors (Lipinski definition) is 4. The molecule has 2 amide bonds. The second kappa shape index (κ2) is 5.62. The van der Waals surface area contributed by atoms with Crippen LogP contribution in [0, 0.1) is 0 Å². The number of piperazine rings is 1. The van der Waals surface area contributed by atoms with Crippen LogP contribution in [0.2, 0.25) is 0 Å². The van der Waals surface area contributed by atoms with Gasteiger partial charge in [0.25, 0.3) is 5.91 Å². The monoisotopic (exact) mass is 279 g/mol. The SMILES string of the molecule is CC(C)N1CCN(C(=O)c2ccnn2C)C[C@@H]1C(N)=O. The lowest BCUT2D eigenvalue weighted by molar-refractivity contribution is -0.126. The lowest BCUT2D eigenvalue weighted by atomic mass is 10.1. The summed E-state index contributed by atoms with van der Waals surface area (Å²) in [6, 6.07) is 1.47. The Labute approximate surface area is 118 Å². The Morgan fingerprint density at radius 2 is 2.10 bits per heavy atom. The Morgan fingerprint density at radius 1 is 1.40 bits per heavy atom. The van der Waals surface area contributed by atoms with Crippen molar-refractivity contribution in [2.24, 2.45) is 12.8 Å². The van der Waals surface area contributed by atoms with Crippen LogP contribution in [0.15, 0.2) is 12.3 Å². The fourth-order valence-corrected chi connectivity index (χ4v) is 2.60. The first-order chi connectivity index (χ1) is 9.41. The first-order valence-electron chi connectivity index (χ1n) is 6.74. The predicted molar refractivity (Wildman–Crippen MR) is 73.9 cm³/mol. The molecule has 1 aliphatic rings. The molecule has 2 heterocycles. The second-order valence-corrected chi connectivity index (χ2v) is 5.34. The van der Waals surface area contributed by atoms with Crippen molar-refractivity contribution in [3.05, 3.63) is 18.0 Å². The van der Waals surface area contributed by atoms with Gasteiger partial charge in [-0.15, -0.1) is 0 Å². The zero-order chi connectivity index (χ0) is 14.9. The van der Waals surface area contributed by atoms with Crippen LogP contribution in [0.4, 0.5) is 0 Å². The van der Waals surface area contributed by atoms with Crippen molar-refractivity contribution < 1.29 is 9.59 Å². The van der Waals surface area contributed by atoms with E-state index in [1.165, 1.54) is 4.68 Å². The van der Waals surface area contributed by atoms with E-state index in [0.717, 1.165) is 0 Å². The molecular formula is C13H21N5O2. The van der Waals surface area contributed by atoms with Gasteiger partial charge in [0.05, 0.1) is 0 Å². The highest BCUT2D eigenvalue weighted by molar-refractivity contribution is 5.93. The molecule has 0 saturated carbocycles. The third-order valence-corrected chi connectivity index (χ3v) is 3.74. The third kappa shape index (κ3) is 2.67. The van der Waals surface area contributed by atoms with Crippen molar-refractivity contribution >= 4 is 11.8 Å². The summed E-state index contributed by atoms with van der Waals surface area (Å²) in [7, 11) is 1.73. The van der Waals surface area contributed by atoms with Gasteiger partial charge in [-0.2, -0.15) is 5.10 Å². The molecule has 7 nitrogen and oxygen atoms in total. The van der Waals surface area contributed by atoms with E-state index in [9.17, 15) is 9.59 Å². The molecule has 0 aromatic carbocycles. The number of rotatable bonds is 3. The Hall–Kier alpha value is -1.89. The number of aromatic nitrogens is 2. The average Bonchev–Trinajstić information content (AvgIpc) is 2.83. The predicted octanol–water partition coefficient (Wildman–Crippen LogP) is -0.560. The largest absolute Gasteiger partial charge is 0.368 e. The van der Waals surface area contributed by atoms with Gasteiger partial charge in [-0.1, -0.05) is 0 Å². The molecule has 1 saturated heterocycles. The van der Waals surface area contributed by atoms with Crippen molar-refractivity contribution in [3.8, 4) is 0 Å². The van der Waals surface area contributed by atoms with E-state index in [-0.39, 0.29) is 17.9 Å². The minimum Gasteiger partial charge on any atom is -0.368 e. The van der Waals surface area contributed by atoms with Crippen molar-refractivity contribution in [1.29, 1.82) is 0 Å². The van der Waals surface area contributed by atoms with Crippen molar-refractivity contribution in [3.63, 3.8) is 0 Å². The maximum Gasteiger partial charge on any atom is 0.272 e. The maximum absolute atomic E-state index is 12.4. The first kappa shape index (κ1) is 14.5. The Balaban J connectivity index is 2.15. The Morgan fingerprint density at radius 3 is 2.60 bits per heavy atom. The van der Waals surface area contributed by atoms with Crippen LogP contribution in [-0.4, -0.2) is 63.1 Å². The standard InChI is InChI=1S/C13H21N5O2/c1-9(2)18-7-6-17(8-11(18)12(14)19)13(20)10-4-5-15-16(10)3/h4-5,9,11H,6-8H2,1-3H3,(H2,14,19)/t11-/m1/s1. The number of carbonyl (C=O) groups excluding carboxylic acids is 2. The maximum atomic E-state index is 12.4. The van der Waals surface area contributed by atoms with Gasteiger partial charge in [0.1, 0.15) is 11.7 Å². The number of hydrogen-bond donors (Lipinski definition) is 1. The van der Waals surface area contributed by atoms with E-state index < -0.39 is 6.04 Å². The molecule has 1 aromatic rings. The summed E-state index contributed by atoms with van der Waals surface area (Å²) >= 11 is 0. The zero-order valence-corrected chi connectivity index (χ0v) is 12.1. The van der Waals surface area contributed by atoms with Crippen LogP contribution in [0.25, 0.3) is 0 Å². The number of primary amides is 1. The highest BCUT2D eigenvalue weighted by Gasteiger charge is 2.35. The van der Waals surface area contributed by atoms with Crippen molar-refractivity contribution in [2.75, 3.05) is 19.6 Å². The fraction of sp³-hybridized carbons (Fsp3) is 0.615. The summed E-state index contributed by atoms with van der Waals surface area (Å²) in [6.07, 6.45) is 1.59. The quantitative estimate of drug-likeness (QED) is 0.804. The number of nitrogens with two attached hydrogens (primary N) is 1. The van der Waals surface area contributed by atoms with Gasteiger partial charge < -0.3 is 10.6 Å².